The zero-order chi connectivity index (χ0) is 18.4. The van der Waals surface area contributed by atoms with E-state index >= 15 is 0 Å². The van der Waals surface area contributed by atoms with Gasteiger partial charge in [-0.1, -0.05) is 17.7 Å². The largest absolute Gasteiger partial charge is 0.490 e. The van der Waals surface area contributed by atoms with Crippen molar-refractivity contribution in [2.45, 2.75) is 40.8 Å². The number of aromatic nitrogens is 2. The molecular weight excluding hydrogens is 342 g/mol. The molecule has 0 aliphatic carbocycles. The lowest BCUT2D eigenvalue weighted by Gasteiger charge is -2.13. The second-order valence-corrected chi connectivity index (χ2v) is 5.94. The number of hydrogen-bond donors (Lipinski definition) is 1. The maximum atomic E-state index is 12.2. The number of benzene rings is 1. The van der Waals surface area contributed by atoms with Crippen molar-refractivity contribution in [3.8, 4) is 11.5 Å². The second-order valence-electron chi connectivity index (χ2n) is 5.57. The molecule has 0 saturated carbocycles. The number of rotatable bonds is 8. The van der Waals surface area contributed by atoms with E-state index in [9.17, 15) is 4.79 Å². The molecule has 1 amide bonds. The Labute approximate surface area is 153 Å². The summed E-state index contributed by atoms with van der Waals surface area (Å²) in [4.78, 5) is 12.2. The first kappa shape index (κ1) is 19.1. The van der Waals surface area contributed by atoms with E-state index in [4.69, 9.17) is 21.1 Å². The summed E-state index contributed by atoms with van der Waals surface area (Å²) in [5, 5.41) is 7.75. The molecule has 1 N–H and O–H groups in total. The fourth-order valence-electron chi connectivity index (χ4n) is 2.43. The SMILES string of the molecule is CCOc1ccc(CNC(=O)Cn2nc(C)c(Cl)c2C)cc1OCC. The van der Waals surface area contributed by atoms with Crippen LogP contribution >= 0.6 is 11.6 Å². The zero-order valence-corrected chi connectivity index (χ0v) is 15.8. The summed E-state index contributed by atoms with van der Waals surface area (Å²) in [6.07, 6.45) is 0. The molecule has 0 radical (unpaired) electrons. The minimum Gasteiger partial charge on any atom is -0.490 e. The number of aryl methyl sites for hydroxylation is 1. The fraction of sp³-hybridized carbons (Fsp3) is 0.444. The van der Waals surface area contributed by atoms with Gasteiger partial charge in [0.25, 0.3) is 0 Å². The maximum absolute atomic E-state index is 12.2. The first-order valence-electron chi connectivity index (χ1n) is 8.31. The van der Waals surface area contributed by atoms with Gasteiger partial charge >= 0.3 is 0 Å². The van der Waals surface area contributed by atoms with E-state index in [1.165, 1.54) is 0 Å². The van der Waals surface area contributed by atoms with Crippen LogP contribution in [0, 0.1) is 13.8 Å². The lowest BCUT2D eigenvalue weighted by Crippen LogP contribution is -2.28. The Morgan fingerprint density at radius 3 is 2.48 bits per heavy atom. The summed E-state index contributed by atoms with van der Waals surface area (Å²) in [6, 6.07) is 5.65. The van der Waals surface area contributed by atoms with E-state index in [0.717, 1.165) is 17.0 Å². The molecular formula is C18H24ClN3O3. The molecule has 1 aromatic carbocycles. The van der Waals surface area contributed by atoms with Crippen LogP contribution in [0.4, 0.5) is 0 Å². The molecule has 1 heterocycles. The van der Waals surface area contributed by atoms with Crippen LogP contribution in [0.5, 0.6) is 11.5 Å². The van der Waals surface area contributed by atoms with Crippen molar-refractivity contribution in [2.24, 2.45) is 0 Å². The van der Waals surface area contributed by atoms with Crippen LogP contribution in [0.1, 0.15) is 30.8 Å². The van der Waals surface area contributed by atoms with Crippen molar-refractivity contribution in [1.29, 1.82) is 0 Å². The number of carbonyl (C=O) groups is 1. The monoisotopic (exact) mass is 365 g/mol. The van der Waals surface area contributed by atoms with Crippen LogP contribution in [0.25, 0.3) is 0 Å². The number of amides is 1. The number of ether oxygens (including phenoxy) is 2. The predicted molar refractivity (Wildman–Crippen MR) is 97.3 cm³/mol. The van der Waals surface area contributed by atoms with Crippen LogP contribution in [0.2, 0.25) is 5.02 Å². The Morgan fingerprint density at radius 2 is 1.88 bits per heavy atom. The summed E-state index contributed by atoms with van der Waals surface area (Å²) in [6.45, 7) is 9.16. The van der Waals surface area contributed by atoms with Crippen molar-refractivity contribution in [1.82, 2.24) is 15.1 Å². The number of nitrogens with zero attached hydrogens (tertiary/aromatic N) is 2. The minimum absolute atomic E-state index is 0.130. The van der Waals surface area contributed by atoms with Gasteiger partial charge in [0.05, 0.1) is 29.6 Å². The lowest BCUT2D eigenvalue weighted by atomic mass is 10.2. The van der Waals surface area contributed by atoms with Crippen molar-refractivity contribution in [2.75, 3.05) is 13.2 Å². The Morgan fingerprint density at radius 1 is 1.20 bits per heavy atom. The van der Waals surface area contributed by atoms with Crippen molar-refractivity contribution in [3.63, 3.8) is 0 Å². The molecule has 0 aliphatic rings. The topological polar surface area (TPSA) is 65.4 Å². The molecule has 0 aliphatic heterocycles. The van der Waals surface area contributed by atoms with Crippen LogP contribution in [0.15, 0.2) is 18.2 Å². The van der Waals surface area contributed by atoms with Gasteiger partial charge in [-0.05, 0) is 45.4 Å². The molecule has 0 saturated heterocycles. The van der Waals surface area contributed by atoms with Crippen LogP contribution < -0.4 is 14.8 Å². The highest BCUT2D eigenvalue weighted by atomic mass is 35.5. The minimum atomic E-state index is -0.130. The molecule has 0 fully saturated rings. The van der Waals surface area contributed by atoms with Gasteiger partial charge < -0.3 is 14.8 Å². The summed E-state index contributed by atoms with van der Waals surface area (Å²) >= 11 is 6.10. The molecule has 6 nitrogen and oxygen atoms in total. The van der Waals surface area contributed by atoms with Gasteiger partial charge in [0, 0.05) is 6.54 Å². The third-order valence-corrected chi connectivity index (χ3v) is 4.23. The highest BCUT2D eigenvalue weighted by Gasteiger charge is 2.12. The molecule has 25 heavy (non-hydrogen) atoms. The standard InChI is InChI=1S/C18H24ClN3O3/c1-5-24-15-8-7-14(9-16(15)25-6-2)10-20-17(23)11-22-13(4)18(19)12(3)21-22/h7-9H,5-6,10-11H2,1-4H3,(H,20,23). The van der Waals surface area contributed by atoms with E-state index < -0.39 is 0 Å². The Bertz CT molecular complexity index is 743. The molecule has 0 spiro atoms. The van der Waals surface area contributed by atoms with Crippen LogP contribution in [-0.4, -0.2) is 28.9 Å². The number of carbonyl (C=O) groups excluding carboxylic acids is 1. The third-order valence-electron chi connectivity index (χ3n) is 3.68. The smallest absolute Gasteiger partial charge is 0.242 e. The number of nitrogens with one attached hydrogen (secondary N) is 1. The molecule has 7 heteroatoms. The van der Waals surface area contributed by atoms with E-state index in [0.29, 0.717) is 36.3 Å². The fourth-order valence-corrected chi connectivity index (χ4v) is 2.56. The van der Waals surface area contributed by atoms with Gasteiger partial charge in [-0.25, -0.2) is 0 Å². The Kier molecular flexibility index (Phi) is 6.70. The van der Waals surface area contributed by atoms with E-state index in [1.807, 2.05) is 45.9 Å². The van der Waals surface area contributed by atoms with Gasteiger partial charge in [-0.3, -0.25) is 9.48 Å². The zero-order valence-electron chi connectivity index (χ0n) is 15.1. The summed E-state index contributed by atoms with van der Waals surface area (Å²) in [5.41, 5.74) is 2.44. The highest BCUT2D eigenvalue weighted by Crippen LogP contribution is 2.28. The maximum Gasteiger partial charge on any atom is 0.242 e. The van der Waals surface area contributed by atoms with Crippen LogP contribution in [-0.2, 0) is 17.9 Å². The average Bonchev–Trinajstić information content (AvgIpc) is 2.82. The average molecular weight is 366 g/mol. The summed E-state index contributed by atoms with van der Waals surface area (Å²) in [5.74, 6) is 1.26. The molecule has 0 bridgehead atoms. The predicted octanol–water partition coefficient (Wildman–Crippen LogP) is 3.27. The number of hydrogen-bond acceptors (Lipinski definition) is 4. The quantitative estimate of drug-likeness (QED) is 0.779. The Balaban J connectivity index is 1.99. The van der Waals surface area contributed by atoms with Crippen molar-refractivity contribution < 1.29 is 14.3 Å². The molecule has 0 unspecified atom stereocenters. The van der Waals surface area contributed by atoms with Gasteiger partial charge in [0.15, 0.2) is 11.5 Å². The second kappa shape index (κ2) is 8.76. The van der Waals surface area contributed by atoms with E-state index in [1.54, 1.807) is 4.68 Å². The molecule has 1 aromatic heterocycles. The van der Waals surface area contributed by atoms with Gasteiger partial charge in [-0.2, -0.15) is 5.10 Å². The summed E-state index contributed by atoms with van der Waals surface area (Å²) < 4.78 is 12.7. The third kappa shape index (κ3) is 4.89. The normalized spacial score (nSPS) is 10.6. The molecule has 136 valence electrons. The van der Waals surface area contributed by atoms with Crippen molar-refractivity contribution in [3.05, 3.63) is 40.2 Å². The number of halogens is 1. The highest BCUT2D eigenvalue weighted by molar-refractivity contribution is 6.31. The van der Waals surface area contributed by atoms with Crippen molar-refractivity contribution >= 4 is 17.5 Å². The first-order chi connectivity index (χ1) is 12.0. The van der Waals surface area contributed by atoms with Crippen LogP contribution in [0.3, 0.4) is 0 Å². The molecule has 2 aromatic rings. The van der Waals surface area contributed by atoms with Gasteiger partial charge in [-0.15, -0.1) is 0 Å². The summed E-state index contributed by atoms with van der Waals surface area (Å²) in [7, 11) is 0. The Hall–Kier alpha value is -2.21. The first-order valence-corrected chi connectivity index (χ1v) is 8.68. The molecule has 0 atom stereocenters. The van der Waals surface area contributed by atoms with E-state index in [2.05, 4.69) is 10.4 Å². The van der Waals surface area contributed by atoms with E-state index in [-0.39, 0.29) is 12.5 Å². The lowest BCUT2D eigenvalue weighted by molar-refractivity contribution is -0.122. The van der Waals surface area contributed by atoms with Gasteiger partial charge in [0.1, 0.15) is 6.54 Å². The van der Waals surface area contributed by atoms with Gasteiger partial charge in [0.2, 0.25) is 5.91 Å². The molecule has 2 rings (SSSR count).